The molecule has 1 aromatic carbocycles. The van der Waals surface area contributed by atoms with Gasteiger partial charge in [0, 0.05) is 32.7 Å². The van der Waals surface area contributed by atoms with E-state index in [1.54, 1.807) is 31.6 Å². The molecule has 2 fully saturated rings. The Morgan fingerprint density at radius 3 is 2.71 bits per heavy atom. The summed E-state index contributed by atoms with van der Waals surface area (Å²) in [4.78, 5) is 24.3. The van der Waals surface area contributed by atoms with Gasteiger partial charge in [0.05, 0.1) is 37.1 Å². The Labute approximate surface area is 204 Å². The molecule has 4 rings (SSSR count). The van der Waals surface area contributed by atoms with Gasteiger partial charge in [0.25, 0.3) is 0 Å². The van der Waals surface area contributed by atoms with Gasteiger partial charge in [0.2, 0.25) is 11.9 Å². The number of benzene rings is 1. The molecule has 0 radical (unpaired) electrons. The molecule has 0 spiro atoms. The third-order valence-electron chi connectivity index (χ3n) is 7.00. The van der Waals surface area contributed by atoms with Gasteiger partial charge >= 0.3 is 0 Å². The van der Waals surface area contributed by atoms with E-state index >= 15 is 0 Å². The first-order valence-corrected chi connectivity index (χ1v) is 12.3. The van der Waals surface area contributed by atoms with Crippen LogP contribution in [0.1, 0.15) is 31.2 Å². The summed E-state index contributed by atoms with van der Waals surface area (Å²) in [6.45, 7) is 2.62. The number of halogens is 2. The van der Waals surface area contributed by atoms with Gasteiger partial charge < -0.3 is 19.6 Å². The number of hydrogen-bond acceptors (Lipinski definition) is 6. The zero-order valence-corrected chi connectivity index (χ0v) is 20.3. The average molecular weight is 491 g/mol. The molecule has 1 aliphatic carbocycles. The van der Waals surface area contributed by atoms with Gasteiger partial charge in [-0.05, 0) is 55.1 Å². The third-order valence-corrected chi connectivity index (χ3v) is 7.19. The number of carbonyl (C=O) groups excluding carboxylic acids is 1. The molecule has 0 bridgehead atoms. The van der Waals surface area contributed by atoms with Crippen molar-refractivity contribution in [1.82, 2.24) is 14.9 Å². The van der Waals surface area contributed by atoms with Crippen LogP contribution in [-0.2, 0) is 11.2 Å². The Hall–Kier alpha value is -2.45. The van der Waals surface area contributed by atoms with Crippen molar-refractivity contribution in [2.45, 2.75) is 32.1 Å². The number of hydrogen-bond donors (Lipinski definition) is 1. The Balaban J connectivity index is 1.16. The number of anilines is 1. The summed E-state index contributed by atoms with van der Waals surface area (Å²) in [5.74, 6) is 2.73. The zero-order chi connectivity index (χ0) is 24.1. The standard InChI is InChI=1S/C25H32ClFN4O3/c1-30(9-10-32)24(33)13-19-2-3-21(14-23(19)27)34-11-6-18-12-22(18)17-4-7-31(8-5-17)25-28-15-20(26)16-29-25/h2-3,14-18,22,32H,4-13H2,1H3. The average Bonchev–Trinajstić information content (AvgIpc) is 3.61. The number of likely N-dealkylation sites (N-methyl/N-ethyl adjacent to an activating group) is 1. The molecule has 7 nitrogen and oxygen atoms in total. The molecule has 2 aromatic rings. The van der Waals surface area contributed by atoms with Crippen molar-refractivity contribution < 1.29 is 19.0 Å². The smallest absolute Gasteiger partial charge is 0.226 e. The summed E-state index contributed by atoms with van der Waals surface area (Å²) in [5.41, 5.74) is 0.333. The summed E-state index contributed by atoms with van der Waals surface area (Å²) in [6.07, 6.45) is 7.75. The minimum Gasteiger partial charge on any atom is -0.493 e. The van der Waals surface area contributed by atoms with Crippen LogP contribution in [-0.4, -0.2) is 65.8 Å². The first-order chi connectivity index (χ1) is 16.4. The maximum Gasteiger partial charge on any atom is 0.226 e. The van der Waals surface area contributed by atoms with Gasteiger partial charge in [-0.1, -0.05) is 17.7 Å². The highest BCUT2D eigenvalue weighted by Crippen LogP contribution is 2.49. The molecule has 1 saturated carbocycles. The van der Waals surface area contributed by atoms with Crippen molar-refractivity contribution in [1.29, 1.82) is 0 Å². The number of aliphatic hydroxyl groups excluding tert-OH is 1. The number of nitrogens with zero attached hydrogens (tertiary/aromatic N) is 4. The molecule has 34 heavy (non-hydrogen) atoms. The summed E-state index contributed by atoms with van der Waals surface area (Å²) in [6, 6.07) is 4.68. The number of ether oxygens (including phenoxy) is 1. The summed E-state index contributed by atoms with van der Waals surface area (Å²) in [5, 5.41) is 9.48. The summed E-state index contributed by atoms with van der Waals surface area (Å²) >= 11 is 5.88. The van der Waals surface area contributed by atoms with Crippen molar-refractivity contribution in [2.75, 3.05) is 44.8 Å². The first kappa shape index (κ1) is 24.7. The normalized spacial score (nSPS) is 20.3. The highest BCUT2D eigenvalue weighted by molar-refractivity contribution is 6.30. The lowest BCUT2D eigenvalue weighted by Gasteiger charge is -2.32. The van der Waals surface area contributed by atoms with E-state index in [-0.39, 0.29) is 25.5 Å². The highest BCUT2D eigenvalue weighted by atomic mass is 35.5. The fourth-order valence-electron chi connectivity index (χ4n) is 4.84. The van der Waals surface area contributed by atoms with Crippen LogP contribution in [0.3, 0.4) is 0 Å². The molecule has 1 aromatic heterocycles. The van der Waals surface area contributed by atoms with Crippen molar-refractivity contribution in [2.24, 2.45) is 17.8 Å². The second-order valence-corrected chi connectivity index (χ2v) is 9.73. The van der Waals surface area contributed by atoms with Crippen LogP contribution in [0.25, 0.3) is 0 Å². The molecule has 1 amide bonds. The van der Waals surface area contributed by atoms with E-state index in [9.17, 15) is 9.18 Å². The van der Waals surface area contributed by atoms with Gasteiger partial charge in [-0.3, -0.25) is 4.79 Å². The molecule has 2 heterocycles. The van der Waals surface area contributed by atoms with E-state index in [1.165, 1.54) is 17.4 Å². The molecule has 9 heteroatoms. The molecule has 2 unspecified atom stereocenters. The number of aliphatic hydroxyl groups is 1. The number of aromatic nitrogens is 2. The van der Waals surface area contributed by atoms with Crippen molar-refractivity contribution >= 4 is 23.5 Å². The van der Waals surface area contributed by atoms with Gasteiger partial charge in [-0.25, -0.2) is 14.4 Å². The minimum absolute atomic E-state index is 0.0324. The van der Waals surface area contributed by atoms with Crippen LogP contribution < -0.4 is 9.64 Å². The topological polar surface area (TPSA) is 78.8 Å². The van der Waals surface area contributed by atoms with Crippen LogP contribution >= 0.6 is 11.6 Å². The Morgan fingerprint density at radius 1 is 1.29 bits per heavy atom. The summed E-state index contributed by atoms with van der Waals surface area (Å²) < 4.78 is 20.2. The molecule has 1 N–H and O–H groups in total. The van der Waals surface area contributed by atoms with Crippen molar-refractivity contribution in [3.05, 3.63) is 47.0 Å². The van der Waals surface area contributed by atoms with E-state index in [4.69, 9.17) is 21.4 Å². The van der Waals surface area contributed by atoms with E-state index in [0.717, 1.165) is 50.1 Å². The first-order valence-electron chi connectivity index (χ1n) is 11.9. The number of amides is 1. The molecule has 2 atom stereocenters. The van der Waals surface area contributed by atoms with Crippen LogP contribution in [0.4, 0.5) is 10.3 Å². The van der Waals surface area contributed by atoms with Crippen LogP contribution in [0.15, 0.2) is 30.6 Å². The van der Waals surface area contributed by atoms with Gasteiger partial charge in [-0.15, -0.1) is 0 Å². The Morgan fingerprint density at radius 2 is 2.03 bits per heavy atom. The highest BCUT2D eigenvalue weighted by Gasteiger charge is 2.43. The van der Waals surface area contributed by atoms with Crippen LogP contribution in [0.5, 0.6) is 5.75 Å². The van der Waals surface area contributed by atoms with Crippen LogP contribution in [0.2, 0.25) is 5.02 Å². The fourth-order valence-corrected chi connectivity index (χ4v) is 4.94. The molecular formula is C25H32ClFN4O3. The predicted octanol–water partition coefficient (Wildman–Crippen LogP) is 3.58. The third kappa shape index (κ3) is 6.36. The predicted molar refractivity (Wildman–Crippen MR) is 129 cm³/mol. The largest absolute Gasteiger partial charge is 0.493 e. The zero-order valence-electron chi connectivity index (χ0n) is 19.5. The van der Waals surface area contributed by atoms with Crippen LogP contribution in [0, 0.1) is 23.6 Å². The molecule has 2 aliphatic rings. The maximum atomic E-state index is 14.4. The number of piperidine rings is 1. The monoisotopic (exact) mass is 490 g/mol. The van der Waals surface area contributed by atoms with Gasteiger partial charge in [-0.2, -0.15) is 0 Å². The minimum atomic E-state index is -0.441. The van der Waals surface area contributed by atoms with E-state index < -0.39 is 5.82 Å². The SMILES string of the molecule is CN(CCO)C(=O)Cc1ccc(OCCC2CC2C2CCN(c3ncc(Cl)cn3)CC2)cc1F. The van der Waals surface area contributed by atoms with E-state index in [2.05, 4.69) is 14.9 Å². The quantitative estimate of drug-likeness (QED) is 0.548. The molecule has 184 valence electrons. The second-order valence-electron chi connectivity index (χ2n) is 9.29. The number of rotatable bonds is 10. The molecule has 1 saturated heterocycles. The molecule has 1 aliphatic heterocycles. The van der Waals surface area contributed by atoms with Gasteiger partial charge in [0.1, 0.15) is 11.6 Å². The maximum absolute atomic E-state index is 14.4. The van der Waals surface area contributed by atoms with E-state index in [0.29, 0.717) is 28.9 Å². The summed E-state index contributed by atoms with van der Waals surface area (Å²) in [7, 11) is 1.59. The van der Waals surface area contributed by atoms with Crippen molar-refractivity contribution in [3.8, 4) is 5.75 Å². The molecular weight excluding hydrogens is 459 g/mol. The fraction of sp³-hybridized carbons (Fsp3) is 0.560. The van der Waals surface area contributed by atoms with Crippen molar-refractivity contribution in [3.63, 3.8) is 0 Å². The van der Waals surface area contributed by atoms with E-state index in [1.807, 2.05) is 0 Å². The lowest BCUT2D eigenvalue weighted by atomic mass is 9.90. The lowest BCUT2D eigenvalue weighted by molar-refractivity contribution is -0.129. The Bertz CT molecular complexity index is 969. The van der Waals surface area contributed by atoms with Gasteiger partial charge in [0.15, 0.2) is 0 Å². The Kier molecular flexibility index (Phi) is 8.21. The lowest BCUT2D eigenvalue weighted by Crippen LogP contribution is -2.35. The number of carbonyl (C=O) groups is 1. The second kappa shape index (κ2) is 11.3.